The van der Waals surface area contributed by atoms with E-state index in [1.807, 2.05) is 11.8 Å². The number of para-hydroxylation sites is 4. The van der Waals surface area contributed by atoms with Crippen molar-refractivity contribution in [3.05, 3.63) is 221 Å². The van der Waals surface area contributed by atoms with E-state index in [0.29, 0.717) is 11.8 Å². The maximum absolute atomic E-state index is 2.54. The van der Waals surface area contributed by atoms with Crippen molar-refractivity contribution in [1.82, 2.24) is 4.57 Å². The van der Waals surface area contributed by atoms with Crippen LogP contribution in [0.15, 0.2) is 198 Å². The molecule has 0 bridgehead atoms. The Balaban J connectivity index is 1.05. The molecule has 3 unspecified atom stereocenters. The zero-order valence-corrected chi connectivity index (χ0v) is 33.2. The van der Waals surface area contributed by atoms with Gasteiger partial charge in [-0.1, -0.05) is 164 Å². The molecule has 5 aliphatic rings. The van der Waals surface area contributed by atoms with E-state index in [4.69, 9.17) is 0 Å². The highest BCUT2D eigenvalue weighted by Crippen LogP contribution is 2.66. The van der Waals surface area contributed by atoms with Crippen molar-refractivity contribution in [2.75, 3.05) is 4.90 Å². The van der Waals surface area contributed by atoms with E-state index in [0.717, 1.165) is 0 Å². The molecule has 0 saturated carbocycles. The van der Waals surface area contributed by atoms with Gasteiger partial charge >= 0.3 is 0 Å². The van der Waals surface area contributed by atoms with Crippen LogP contribution < -0.4 is 4.90 Å². The first-order valence-electron chi connectivity index (χ1n) is 20.8. The summed E-state index contributed by atoms with van der Waals surface area (Å²) in [5, 5.41) is 2.60. The van der Waals surface area contributed by atoms with E-state index in [-0.39, 0.29) is 0 Å². The Labute approximate surface area is 347 Å². The normalized spacial score (nSPS) is 19.6. The summed E-state index contributed by atoms with van der Waals surface area (Å²) in [4.78, 5) is 5.13. The number of hydrogen-bond acceptors (Lipinski definition) is 2. The van der Waals surface area contributed by atoms with Gasteiger partial charge in [-0.25, -0.2) is 0 Å². The van der Waals surface area contributed by atoms with Crippen LogP contribution in [-0.4, -0.2) is 4.57 Å². The Hall–Kier alpha value is -6.81. The second-order valence-electron chi connectivity index (χ2n) is 16.8. The highest BCUT2D eigenvalue weighted by atomic mass is 32.2. The second kappa shape index (κ2) is 11.4. The molecular weight excluding hydrogens is 733 g/mol. The predicted octanol–water partition coefficient (Wildman–Crippen LogP) is 14.7. The maximum Gasteiger partial charge on any atom is 0.0754 e. The van der Waals surface area contributed by atoms with Crippen LogP contribution in [0.1, 0.15) is 46.2 Å². The number of benzene rings is 8. The molecule has 0 saturated heterocycles. The SMILES string of the molecule is CC1C=CC=C2c3ccccc3-c3cc(N4c5ccccc5Sc5c4ccc4c5-c5ccccc5C45c4ccccc4-n4c6ccccc6c6cccc5c64)ccc3C21. The van der Waals surface area contributed by atoms with Gasteiger partial charge in [-0.05, 0) is 104 Å². The summed E-state index contributed by atoms with van der Waals surface area (Å²) in [5.74, 6) is 0.765. The summed E-state index contributed by atoms with van der Waals surface area (Å²) in [6.45, 7) is 2.37. The van der Waals surface area contributed by atoms with Crippen LogP contribution in [0.2, 0.25) is 0 Å². The fourth-order valence-electron chi connectivity index (χ4n) is 11.8. The van der Waals surface area contributed by atoms with E-state index in [2.05, 4.69) is 204 Å². The first-order valence-corrected chi connectivity index (χ1v) is 21.6. The third kappa shape index (κ3) is 3.90. The van der Waals surface area contributed by atoms with E-state index >= 15 is 0 Å². The number of nitrogens with zero attached hydrogens (tertiary/aromatic N) is 2. The number of rotatable bonds is 1. The number of allylic oxidation sites excluding steroid dienone is 4. The van der Waals surface area contributed by atoms with Crippen LogP contribution >= 0.6 is 11.8 Å². The van der Waals surface area contributed by atoms with Gasteiger partial charge in [-0.2, -0.15) is 0 Å². The summed E-state index contributed by atoms with van der Waals surface area (Å²) in [6, 6.07) is 64.6. The van der Waals surface area contributed by atoms with Gasteiger partial charge in [0.05, 0.1) is 33.5 Å². The molecule has 0 amide bonds. The van der Waals surface area contributed by atoms with Gasteiger partial charge in [-0.3, -0.25) is 0 Å². The molecule has 1 aromatic heterocycles. The first-order chi connectivity index (χ1) is 29.2. The average Bonchev–Trinajstić information content (AvgIpc) is 3.79. The maximum atomic E-state index is 2.54. The lowest BCUT2D eigenvalue weighted by Crippen LogP contribution is -2.33. The molecule has 3 heteroatoms. The van der Waals surface area contributed by atoms with Crippen molar-refractivity contribution in [1.29, 1.82) is 0 Å². The number of anilines is 3. The third-order valence-corrected chi connectivity index (χ3v) is 15.2. The van der Waals surface area contributed by atoms with Crippen molar-refractivity contribution < 1.29 is 0 Å². The monoisotopic (exact) mass is 768 g/mol. The zero-order chi connectivity index (χ0) is 38.6. The quantitative estimate of drug-likeness (QED) is 0.164. The van der Waals surface area contributed by atoms with Gasteiger partial charge in [0, 0.05) is 37.7 Å². The molecule has 276 valence electrons. The summed E-state index contributed by atoms with van der Waals surface area (Å²) in [6.07, 6.45) is 6.95. The van der Waals surface area contributed by atoms with Gasteiger partial charge in [0.25, 0.3) is 0 Å². The average molecular weight is 769 g/mol. The van der Waals surface area contributed by atoms with Crippen LogP contribution in [0.4, 0.5) is 17.1 Å². The Kier molecular flexibility index (Phi) is 6.24. The van der Waals surface area contributed by atoms with E-state index in [9.17, 15) is 0 Å². The van der Waals surface area contributed by atoms with E-state index < -0.39 is 5.41 Å². The Morgan fingerprint density at radius 3 is 2.19 bits per heavy atom. The predicted molar refractivity (Wildman–Crippen MR) is 245 cm³/mol. The van der Waals surface area contributed by atoms with Gasteiger partial charge < -0.3 is 9.47 Å². The Morgan fingerprint density at radius 1 is 0.542 bits per heavy atom. The highest BCUT2D eigenvalue weighted by Gasteiger charge is 2.52. The van der Waals surface area contributed by atoms with Crippen LogP contribution in [-0.2, 0) is 5.41 Å². The molecule has 3 heterocycles. The fourth-order valence-corrected chi connectivity index (χ4v) is 13.0. The summed E-state index contributed by atoms with van der Waals surface area (Å²) < 4.78 is 2.53. The molecule has 14 rings (SSSR count). The molecule has 59 heavy (non-hydrogen) atoms. The van der Waals surface area contributed by atoms with Crippen LogP contribution in [0.25, 0.3) is 55.3 Å². The molecule has 2 aliphatic heterocycles. The molecule has 0 fully saturated rings. The first kappa shape index (κ1) is 32.2. The molecule has 3 aliphatic carbocycles. The molecule has 3 atom stereocenters. The number of aromatic nitrogens is 1. The van der Waals surface area contributed by atoms with Crippen LogP contribution in [0, 0.1) is 5.92 Å². The minimum Gasteiger partial charge on any atom is -0.309 e. The van der Waals surface area contributed by atoms with Gasteiger partial charge in [0.15, 0.2) is 0 Å². The Morgan fingerprint density at radius 2 is 1.27 bits per heavy atom. The van der Waals surface area contributed by atoms with Crippen molar-refractivity contribution in [2.45, 2.75) is 28.0 Å². The van der Waals surface area contributed by atoms with Gasteiger partial charge in [0.1, 0.15) is 0 Å². The lowest BCUT2D eigenvalue weighted by atomic mass is 9.65. The van der Waals surface area contributed by atoms with E-state index in [1.54, 1.807) is 0 Å². The standard InChI is InChI=1S/C56H36N2S/c1-33-14-12-19-38-35-15-2-3-16-36(35)42-32-34(28-29-39(42)52(33)38)57-49-26-10-11-27-51(49)59-55-50(57)31-30-45-53(55)41-18-4-6-21-43(41)56(45)44-22-7-9-25-48(44)58-47-24-8-5-17-37(47)40-20-13-23-46(56)54(40)58/h2-33,52H,1H3. The highest BCUT2D eigenvalue weighted by molar-refractivity contribution is 8.00. The van der Waals surface area contributed by atoms with Crippen LogP contribution in [0.5, 0.6) is 0 Å². The minimum atomic E-state index is -0.490. The van der Waals surface area contributed by atoms with Gasteiger partial charge in [0.2, 0.25) is 0 Å². The molecule has 9 aromatic rings. The van der Waals surface area contributed by atoms with Crippen molar-refractivity contribution >= 4 is 56.2 Å². The topological polar surface area (TPSA) is 8.17 Å². The molecule has 0 N–H and O–H groups in total. The van der Waals surface area contributed by atoms with E-state index in [1.165, 1.54) is 116 Å². The molecule has 8 aromatic carbocycles. The van der Waals surface area contributed by atoms with Crippen molar-refractivity contribution in [3.8, 4) is 27.9 Å². The summed E-state index contributed by atoms with van der Waals surface area (Å²) >= 11 is 1.93. The molecule has 0 radical (unpaired) electrons. The lowest BCUT2D eigenvalue weighted by Gasteiger charge is -2.40. The van der Waals surface area contributed by atoms with Crippen molar-refractivity contribution in [3.63, 3.8) is 0 Å². The number of fused-ring (bicyclic) bond motifs is 21. The lowest BCUT2D eigenvalue weighted by molar-refractivity contribution is 0.647. The summed E-state index contributed by atoms with van der Waals surface area (Å²) in [7, 11) is 0. The largest absolute Gasteiger partial charge is 0.309 e. The Bertz CT molecular complexity index is 3420. The number of hydrogen-bond donors (Lipinski definition) is 0. The minimum absolute atomic E-state index is 0.341. The second-order valence-corrected chi connectivity index (χ2v) is 17.8. The van der Waals surface area contributed by atoms with Crippen molar-refractivity contribution in [2.24, 2.45) is 5.92 Å². The zero-order valence-electron chi connectivity index (χ0n) is 32.4. The molecular formula is C56H36N2S. The van der Waals surface area contributed by atoms with Gasteiger partial charge in [-0.15, -0.1) is 0 Å². The van der Waals surface area contributed by atoms with Crippen LogP contribution in [0.3, 0.4) is 0 Å². The molecule has 1 spiro atoms. The molecule has 2 nitrogen and oxygen atoms in total. The summed E-state index contributed by atoms with van der Waals surface area (Å²) in [5.41, 5.74) is 21.9. The smallest absolute Gasteiger partial charge is 0.0754 e. The fraction of sp³-hybridized carbons (Fsp3) is 0.0714. The third-order valence-electron chi connectivity index (χ3n) is 14.1.